The molecular weight excluding hydrogens is 134 g/mol. The summed E-state index contributed by atoms with van der Waals surface area (Å²) in [6, 6.07) is 0. The Balaban J connectivity index is 1.66. The van der Waals surface area contributed by atoms with E-state index in [9.17, 15) is 0 Å². The third-order valence-electron chi connectivity index (χ3n) is 3.48. The fourth-order valence-corrected chi connectivity index (χ4v) is 2.56. The van der Waals surface area contributed by atoms with Crippen LogP contribution in [-0.2, 0) is 0 Å². The SMILES string of the molecule is NCC1CC1CC1CCCC1. The molecule has 2 saturated carbocycles. The highest BCUT2D eigenvalue weighted by Gasteiger charge is 2.37. The summed E-state index contributed by atoms with van der Waals surface area (Å²) in [5.74, 6) is 3.02. The van der Waals surface area contributed by atoms with Crippen molar-refractivity contribution >= 4 is 0 Å². The Morgan fingerprint density at radius 3 is 2.36 bits per heavy atom. The normalized spacial score (nSPS) is 37.9. The average molecular weight is 153 g/mol. The average Bonchev–Trinajstić information content (AvgIpc) is 2.54. The molecule has 2 fully saturated rings. The van der Waals surface area contributed by atoms with Crippen LogP contribution < -0.4 is 5.73 Å². The molecule has 11 heavy (non-hydrogen) atoms. The highest BCUT2D eigenvalue weighted by molar-refractivity contribution is 4.89. The minimum atomic E-state index is 0.913. The van der Waals surface area contributed by atoms with Gasteiger partial charge >= 0.3 is 0 Å². The van der Waals surface area contributed by atoms with Gasteiger partial charge < -0.3 is 5.73 Å². The van der Waals surface area contributed by atoms with E-state index in [2.05, 4.69) is 0 Å². The van der Waals surface area contributed by atoms with Gasteiger partial charge in [-0.25, -0.2) is 0 Å². The van der Waals surface area contributed by atoms with Crippen LogP contribution in [0.25, 0.3) is 0 Å². The maximum absolute atomic E-state index is 5.60. The van der Waals surface area contributed by atoms with Gasteiger partial charge in [-0.3, -0.25) is 0 Å². The molecule has 2 atom stereocenters. The molecule has 2 aliphatic carbocycles. The lowest BCUT2D eigenvalue weighted by atomic mass is 10.00. The number of hydrogen-bond donors (Lipinski definition) is 1. The summed E-state index contributed by atoms with van der Waals surface area (Å²) in [4.78, 5) is 0. The maximum Gasteiger partial charge on any atom is -0.00461 e. The minimum Gasteiger partial charge on any atom is -0.330 e. The van der Waals surface area contributed by atoms with Crippen molar-refractivity contribution in [2.45, 2.75) is 38.5 Å². The van der Waals surface area contributed by atoms with Gasteiger partial charge in [0.05, 0.1) is 0 Å². The van der Waals surface area contributed by atoms with Crippen molar-refractivity contribution in [1.29, 1.82) is 0 Å². The van der Waals surface area contributed by atoms with E-state index < -0.39 is 0 Å². The molecule has 2 aliphatic rings. The summed E-state index contributed by atoms with van der Waals surface area (Å²) in [7, 11) is 0. The zero-order valence-corrected chi connectivity index (χ0v) is 7.26. The van der Waals surface area contributed by atoms with Crippen LogP contribution >= 0.6 is 0 Å². The fraction of sp³-hybridized carbons (Fsp3) is 1.00. The topological polar surface area (TPSA) is 26.0 Å². The van der Waals surface area contributed by atoms with Crippen LogP contribution in [0, 0.1) is 17.8 Å². The van der Waals surface area contributed by atoms with Crippen LogP contribution in [-0.4, -0.2) is 6.54 Å². The Hall–Kier alpha value is -0.0400. The quantitative estimate of drug-likeness (QED) is 0.660. The summed E-state index contributed by atoms with van der Waals surface area (Å²) in [6.07, 6.45) is 8.94. The molecule has 0 aliphatic heterocycles. The maximum atomic E-state index is 5.60. The Morgan fingerprint density at radius 2 is 1.82 bits per heavy atom. The zero-order chi connectivity index (χ0) is 7.68. The van der Waals surface area contributed by atoms with E-state index >= 15 is 0 Å². The van der Waals surface area contributed by atoms with Crippen LogP contribution in [0.2, 0.25) is 0 Å². The van der Waals surface area contributed by atoms with Crippen LogP contribution in [0.3, 0.4) is 0 Å². The lowest BCUT2D eigenvalue weighted by molar-refractivity contribution is 0.454. The molecule has 1 nitrogen and oxygen atoms in total. The number of nitrogens with two attached hydrogens (primary N) is 1. The second-order valence-electron chi connectivity index (χ2n) is 4.38. The molecule has 0 bridgehead atoms. The minimum absolute atomic E-state index is 0.913. The van der Waals surface area contributed by atoms with Crippen LogP contribution in [0.1, 0.15) is 38.5 Å². The second kappa shape index (κ2) is 3.14. The summed E-state index contributed by atoms with van der Waals surface area (Å²) in [5, 5.41) is 0. The first-order valence-corrected chi connectivity index (χ1v) is 5.10. The molecule has 0 heterocycles. The molecule has 2 unspecified atom stereocenters. The first-order valence-electron chi connectivity index (χ1n) is 5.10. The van der Waals surface area contributed by atoms with E-state index in [-0.39, 0.29) is 0 Å². The smallest absolute Gasteiger partial charge is 0.00461 e. The van der Waals surface area contributed by atoms with Gasteiger partial charge in [-0.15, -0.1) is 0 Å². The molecule has 0 saturated heterocycles. The largest absolute Gasteiger partial charge is 0.330 e. The van der Waals surface area contributed by atoms with Gasteiger partial charge in [0.1, 0.15) is 0 Å². The van der Waals surface area contributed by atoms with E-state index in [1.165, 1.54) is 38.5 Å². The second-order valence-corrected chi connectivity index (χ2v) is 4.38. The fourth-order valence-electron chi connectivity index (χ4n) is 2.56. The van der Waals surface area contributed by atoms with E-state index in [4.69, 9.17) is 5.73 Å². The van der Waals surface area contributed by atoms with Crippen molar-refractivity contribution in [2.75, 3.05) is 6.54 Å². The molecular formula is C10H19N. The number of rotatable bonds is 3. The zero-order valence-electron chi connectivity index (χ0n) is 7.26. The molecule has 0 spiro atoms. The molecule has 1 heteroatoms. The van der Waals surface area contributed by atoms with Crippen molar-refractivity contribution in [3.05, 3.63) is 0 Å². The van der Waals surface area contributed by atoms with Crippen molar-refractivity contribution in [2.24, 2.45) is 23.5 Å². The lowest BCUT2D eigenvalue weighted by Crippen LogP contribution is -2.04. The molecule has 2 N–H and O–H groups in total. The van der Waals surface area contributed by atoms with Crippen LogP contribution in [0.5, 0.6) is 0 Å². The van der Waals surface area contributed by atoms with Gasteiger partial charge in [-0.05, 0) is 37.1 Å². The van der Waals surface area contributed by atoms with E-state index in [1.54, 1.807) is 0 Å². The molecule has 0 aromatic heterocycles. The van der Waals surface area contributed by atoms with Crippen LogP contribution in [0.15, 0.2) is 0 Å². The van der Waals surface area contributed by atoms with E-state index in [0.29, 0.717) is 0 Å². The third-order valence-corrected chi connectivity index (χ3v) is 3.48. The lowest BCUT2D eigenvalue weighted by Gasteiger charge is -2.06. The van der Waals surface area contributed by atoms with Gasteiger partial charge in [-0.1, -0.05) is 25.7 Å². The molecule has 0 radical (unpaired) electrons. The standard InChI is InChI=1S/C10H19N/c11-7-10-6-9(10)5-8-3-1-2-4-8/h8-10H,1-7,11H2. The summed E-state index contributed by atoms with van der Waals surface area (Å²) in [6.45, 7) is 0.942. The van der Waals surface area contributed by atoms with Gasteiger partial charge in [-0.2, -0.15) is 0 Å². The Morgan fingerprint density at radius 1 is 1.09 bits per heavy atom. The summed E-state index contributed by atoms with van der Waals surface area (Å²) < 4.78 is 0. The van der Waals surface area contributed by atoms with Gasteiger partial charge in [0.25, 0.3) is 0 Å². The van der Waals surface area contributed by atoms with Gasteiger partial charge in [0.15, 0.2) is 0 Å². The molecule has 0 aromatic rings. The monoisotopic (exact) mass is 153 g/mol. The first kappa shape index (κ1) is 7.60. The molecule has 0 amide bonds. The van der Waals surface area contributed by atoms with Gasteiger partial charge in [0, 0.05) is 0 Å². The third kappa shape index (κ3) is 1.76. The number of hydrogen-bond acceptors (Lipinski definition) is 1. The summed E-state index contributed by atoms with van der Waals surface area (Å²) in [5.41, 5.74) is 5.60. The molecule has 2 rings (SSSR count). The molecule has 0 aromatic carbocycles. The Kier molecular flexibility index (Phi) is 2.17. The molecule has 64 valence electrons. The van der Waals surface area contributed by atoms with Crippen LogP contribution in [0.4, 0.5) is 0 Å². The van der Waals surface area contributed by atoms with Crippen molar-refractivity contribution in [3.63, 3.8) is 0 Å². The predicted molar refractivity (Wildman–Crippen MR) is 47.2 cm³/mol. The van der Waals surface area contributed by atoms with Gasteiger partial charge in [0.2, 0.25) is 0 Å². The Bertz CT molecular complexity index is 127. The van der Waals surface area contributed by atoms with Crippen molar-refractivity contribution < 1.29 is 0 Å². The highest BCUT2D eigenvalue weighted by atomic mass is 14.6. The predicted octanol–water partition coefficient (Wildman–Crippen LogP) is 2.16. The Labute approximate surface area is 69.4 Å². The first-order chi connectivity index (χ1) is 5.40. The van der Waals surface area contributed by atoms with E-state index in [0.717, 1.165) is 24.3 Å². The van der Waals surface area contributed by atoms with Crippen molar-refractivity contribution in [3.8, 4) is 0 Å². The summed E-state index contributed by atoms with van der Waals surface area (Å²) >= 11 is 0. The van der Waals surface area contributed by atoms with Crippen molar-refractivity contribution in [1.82, 2.24) is 0 Å². The van der Waals surface area contributed by atoms with E-state index in [1.807, 2.05) is 0 Å². The highest BCUT2D eigenvalue weighted by Crippen LogP contribution is 2.45.